The third-order valence-corrected chi connectivity index (χ3v) is 5.30. The van der Waals surface area contributed by atoms with E-state index in [1.54, 1.807) is 11.3 Å². The van der Waals surface area contributed by atoms with Crippen LogP contribution >= 0.6 is 11.3 Å². The highest BCUT2D eigenvalue weighted by Gasteiger charge is 2.52. The van der Waals surface area contributed by atoms with Gasteiger partial charge < -0.3 is 9.64 Å². The van der Waals surface area contributed by atoms with Crippen LogP contribution in [-0.4, -0.2) is 36.1 Å². The van der Waals surface area contributed by atoms with Crippen LogP contribution in [0, 0.1) is 0 Å². The number of hydrogen-bond acceptors (Lipinski definition) is 4. The Balaban J connectivity index is 1.74. The molecule has 1 aliphatic carbocycles. The van der Waals surface area contributed by atoms with E-state index in [2.05, 4.69) is 22.1 Å². The molecule has 2 aliphatic rings. The second-order valence-electron chi connectivity index (χ2n) is 5.94. The first-order chi connectivity index (χ1) is 10.3. The van der Waals surface area contributed by atoms with E-state index in [4.69, 9.17) is 4.74 Å². The summed E-state index contributed by atoms with van der Waals surface area (Å²) in [5.74, 6) is 0.299. The SMILES string of the molecule is CCOCCCN1C(=O)C2(CCCC2)NC1c1ccsc1. The summed E-state index contributed by atoms with van der Waals surface area (Å²) in [5, 5.41) is 7.88. The quantitative estimate of drug-likeness (QED) is 0.822. The van der Waals surface area contributed by atoms with Crippen molar-refractivity contribution in [2.45, 2.75) is 50.7 Å². The van der Waals surface area contributed by atoms with Crippen molar-refractivity contribution < 1.29 is 9.53 Å². The van der Waals surface area contributed by atoms with Gasteiger partial charge in [0.05, 0.1) is 5.54 Å². The van der Waals surface area contributed by atoms with Crippen molar-refractivity contribution >= 4 is 17.2 Å². The van der Waals surface area contributed by atoms with Crippen LogP contribution in [0.5, 0.6) is 0 Å². The maximum absolute atomic E-state index is 12.9. The summed E-state index contributed by atoms with van der Waals surface area (Å²) in [6.45, 7) is 4.24. The van der Waals surface area contributed by atoms with Crippen molar-refractivity contribution in [1.82, 2.24) is 10.2 Å². The van der Waals surface area contributed by atoms with Gasteiger partial charge in [-0.25, -0.2) is 0 Å². The lowest BCUT2D eigenvalue weighted by atomic mass is 9.98. The number of carbonyl (C=O) groups is 1. The highest BCUT2D eigenvalue weighted by molar-refractivity contribution is 7.07. The smallest absolute Gasteiger partial charge is 0.244 e. The molecule has 1 aromatic rings. The molecule has 1 saturated carbocycles. The molecule has 1 atom stereocenters. The van der Waals surface area contributed by atoms with Gasteiger partial charge in [-0.2, -0.15) is 11.3 Å². The van der Waals surface area contributed by atoms with Crippen molar-refractivity contribution in [3.8, 4) is 0 Å². The van der Waals surface area contributed by atoms with E-state index in [1.807, 2.05) is 11.8 Å². The number of amides is 1. The molecule has 1 aromatic heterocycles. The Morgan fingerprint density at radius 3 is 2.95 bits per heavy atom. The Kier molecular flexibility index (Phi) is 4.62. The molecule has 0 aromatic carbocycles. The van der Waals surface area contributed by atoms with Gasteiger partial charge in [0.25, 0.3) is 0 Å². The van der Waals surface area contributed by atoms with Crippen LogP contribution in [0.25, 0.3) is 0 Å². The molecule has 116 valence electrons. The lowest BCUT2D eigenvalue weighted by Crippen LogP contribution is -2.44. The van der Waals surface area contributed by atoms with Crippen LogP contribution in [-0.2, 0) is 9.53 Å². The van der Waals surface area contributed by atoms with Gasteiger partial charge in [0.1, 0.15) is 6.17 Å². The third kappa shape index (κ3) is 2.87. The molecule has 2 heterocycles. The van der Waals surface area contributed by atoms with E-state index in [-0.39, 0.29) is 11.7 Å². The van der Waals surface area contributed by atoms with Crippen molar-refractivity contribution in [1.29, 1.82) is 0 Å². The lowest BCUT2D eigenvalue weighted by molar-refractivity contribution is -0.133. The average molecular weight is 308 g/mol. The van der Waals surface area contributed by atoms with Gasteiger partial charge in [0.15, 0.2) is 0 Å². The predicted molar refractivity (Wildman–Crippen MR) is 84.2 cm³/mol. The highest BCUT2D eigenvalue weighted by atomic mass is 32.1. The van der Waals surface area contributed by atoms with Gasteiger partial charge >= 0.3 is 0 Å². The number of carbonyl (C=O) groups excluding carboxylic acids is 1. The Bertz CT molecular complexity index is 469. The second-order valence-corrected chi connectivity index (χ2v) is 6.72. The molecule has 5 heteroatoms. The molecule has 0 bridgehead atoms. The molecule has 1 amide bonds. The summed E-state index contributed by atoms with van der Waals surface area (Å²) >= 11 is 1.69. The summed E-state index contributed by atoms with van der Waals surface area (Å²) in [6, 6.07) is 2.12. The van der Waals surface area contributed by atoms with E-state index in [0.717, 1.165) is 51.9 Å². The second kappa shape index (κ2) is 6.46. The Morgan fingerprint density at radius 2 is 2.29 bits per heavy atom. The minimum atomic E-state index is -0.293. The van der Waals surface area contributed by atoms with Crippen molar-refractivity contribution in [2.75, 3.05) is 19.8 Å². The Hall–Kier alpha value is -0.910. The summed E-state index contributed by atoms with van der Waals surface area (Å²) in [7, 11) is 0. The zero-order valence-corrected chi connectivity index (χ0v) is 13.5. The zero-order valence-electron chi connectivity index (χ0n) is 12.6. The maximum Gasteiger partial charge on any atom is 0.244 e. The van der Waals surface area contributed by atoms with E-state index >= 15 is 0 Å². The van der Waals surface area contributed by atoms with Gasteiger partial charge in [0, 0.05) is 19.8 Å². The summed E-state index contributed by atoms with van der Waals surface area (Å²) in [6.07, 6.45) is 5.22. The van der Waals surface area contributed by atoms with E-state index < -0.39 is 0 Å². The van der Waals surface area contributed by atoms with Crippen LogP contribution in [0.15, 0.2) is 16.8 Å². The van der Waals surface area contributed by atoms with E-state index in [9.17, 15) is 4.79 Å². The fraction of sp³-hybridized carbons (Fsp3) is 0.688. The molecule has 1 unspecified atom stereocenters. The van der Waals surface area contributed by atoms with E-state index in [0.29, 0.717) is 5.91 Å². The molecular formula is C16H24N2O2S. The monoisotopic (exact) mass is 308 g/mol. The molecule has 0 radical (unpaired) electrons. The number of hydrogen-bond donors (Lipinski definition) is 1. The maximum atomic E-state index is 12.9. The van der Waals surface area contributed by atoms with Gasteiger partial charge in [-0.15, -0.1) is 0 Å². The zero-order chi connectivity index (χ0) is 14.7. The molecule has 1 spiro atoms. The van der Waals surface area contributed by atoms with Gasteiger partial charge in [-0.1, -0.05) is 12.8 Å². The largest absolute Gasteiger partial charge is 0.382 e. The predicted octanol–water partition coefficient (Wildman–Crippen LogP) is 2.92. The van der Waals surface area contributed by atoms with Gasteiger partial charge in [-0.3, -0.25) is 10.1 Å². The van der Waals surface area contributed by atoms with Crippen molar-refractivity contribution in [3.63, 3.8) is 0 Å². The van der Waals surface area contributed by atoms with Crippen molar-refractivity contribution in [3.05, 3.63) is 22.4 Å². The minimum Gasteiger partial charge on any atom is -0.382 e. The van der Waals surface area contributed by atoms with Crippen molar-refractivity contribution in [2.24, 2.45) is 0 Å². The Morgan fingerprint density at radius 1 is 1.48 bits per heavy atom. The molecule has 3 rings (SSSR count). The normalized spacial score (nSPS) is 24.3. The van der Waals surface area contributed by atoms with Gasteiger partial charge in [-0.05, 0) is 48.6 Å². The molecular weight excluding hydrogens is 284 g/mol. The Labute approximate surface area is 130 Å². The summed E-state index contributed by atoms with van der Waals surface area (Å²) < 4.78 is 5.42. The molecule has 1 N–H and O–H groups in total. The van der Waals surface area contributed by atoms with E-state index in [1.165, 1.54) is 5.56 Å². The van der Waals surface area contributed by atoms with Crippen LogP contribution in [0.4, 0.5) is 0 Å². The van der Waals surface area contributed by atoms with Crippen LogP contribution in [0.1, 0.15) is 50.8 Å². The number of rotatable bonds is 6. The van der Waals surface area contributed by atoms with Crippen LogP contribution in [0.2, 0.25) is 0 Å². The number of ether oxygens (including phenoxy) is 1. The summed E-state index contributed by atoms with van der Waals surface area (Å²) in [4.78, 5) is 15.0. The molecule has 21 heavy (non-hydrogen) atoms. The van der Waals surface area contributed by atoms with Gasteiger partial charge in [0.2, 0.25) is 5.91 Å². The molecule has 2 fully saturated rings. The first kappa shape index (κ1) is 15.0. The number of nitrogens with one attached hydrogen (secondary N) is 1. The summed E-state index contributed by atoms with van der Waals surface area (Å²) in [5.41, 5.74) is 0.923. The van der Waals surface area contributed by atoms with Crippen LogP contribution < -0.4 is 5.32 Å². The lowest BCUT2D eigenvalue weighted by Gasteiger charge is -2.23. The minimum absolute atomic E-state index is 0.0449. The van der Waals surface area contributed by atoms with Crippen LogP contribution in [0.3, 0.4) is 0 Å². The standard InChI is InChI=1S/C16H24N2O2S/c1-2-20-10-5-9-18-14(13-6-11-21-12-13)17-16(15(18)19)7-3-4-8-16/h6,11-12,14,17H,2-5,7-10H2,1H3. The number of thiophene rings is 1. The average Bonchev–Trinajstić information content (AvgIpc) is 3.21. The fourth-order valence-corrected chi connectivity index (χ4v) is 4.21. The highest BCUT2D eigenvalue weighted by Crippen LogP contribution is 2.41. The topological polar surface area (TPSA) is 41.6 Å². The fourth-order valence-electron chi connectivity index (χ4n) is 3.54. The first-order valence-corrected chi connectivity index (χ1v) is 8.90. The molecule has 4 nitrogen and oxygen atoms in total. The molecule has 1 saturated heterocycles. The first-order valence-electron chi connectivity index (χ1n) is 7.95. The number of nitrogens with zero attached hydrogens (tertiary/aromatic N) is 1. The third-order valence-electron chi connectivity index (χ3n) is 4.60. The molecule has 1 aliphatic heterocycles.